The monoisotopic (exact) mass is 348 g/mol. The van der Waals surface area contributed by atoms with Gasteiger partial charge in [0.25, 0.3) is 0 Å². The molecule has 0 fully saturated rings. The highest BCUT2D eigenvalue weighted by Gasteiger charge is 2.09. The predicted molar refractivity (Wildman–Crippen MR) is 89.5 cm³/mol. The van der Waals surface area contributed by atoms with Gasteiger partial charge in [0.05, 0.1) is 17.3 Å². The Balaban J connectivity index is 1.85. The van der Waals surface area contributed by atoms with Crippen LogP contribution in [0.25, 0.3) is 10.9 Å². The van der Waals surface area contributed by atoms with Crippen LogP contribution in [0, 0.1) is 6.92 Å². The molecule has 0 amide bonds. The molecule has 3 rings (SSSR count). The second kappa shape index (κ2) is 5.51. The van der Waals surface area contributed by atoms with E-state index in [1.165, 1.54) is 5.56 Å². The van der Waals surface area contributed by atoms with E-state index >= 15 is 0 Å². The van der Waals surface area contributed by atoms with Crippen LogP contribution in [0.3, 0.4) is 0 Å². The summed E-state index contributed by atoms with van der Waals surface area (Å²) in [5.41, 5.74) is 4.39. The summed E-state index contributed by atoms with van der Waals surface area (Å²) in [4.78, 5) is 3.36. The molecule has 2 aromatic carbocycles. The Labute approximate surface area is 131 Å². The first-order valence-corrected chi connectivity index (χ1v) is 7.57. The molecule has 0 saturated carbocycles. The number of nitrogens with one attached hydrogen (secondary N) is 2. The van der Waals surface area contributed by atoms with Gasteiger partial charge >= 0.3 is 0 Å². The summed E-state index contributed by atoms with van der Waals surface area (Å²) in [6.07, 6.45) is 0. The zero-order valence-electron chi connectivity index (χ0n) is 11.0. The Morgan fingerprint density at radius 1 is 1.20 bits per heavy atom. The molecule has 0 aliphatic heterocycles. The number of anilines is 1. The van der Waals surface area contributed by atoms with E-state index in [2.05, 4.69) is 45.3 Å². The number of hydrogen-bond acceptors (Lipinski definition) is 1. The van der Waals surface area contributed by atoms with Gasteiger partial charge in [0, 0.05) is 21.1 Å². The standard InChI is InChI=1S/C16H14BrClN2/c1-10-8-11(17)6-7-13(10)19-9-15-16(18)12-4-2-3-5-14(12)20-15/h2-8,19-20H,9H2,1H3. The van der Waals surface area contributed by atoms with Crippen LogP contribution < -0.4 is 5.32 Å². The number of benzene rings is 2. The van der Waals surface area contributed by atoms with Crippen molar-refractivity contribution in [2.75, 3.05) is 5.32 Å². The Morgan fingerprint density at radius 2 is 2.00 bits per heavy atom. The van der Waals surface area contributed by atoms with Crippen LogP contribution in [0.4, 0.5) is 5.69 Å². The topological polar surface area (TPSA) is 27.8 Å². The number of H-pyrrole nitrogens is 1. The summed E-state index contributed by atoms with van der Waals surface area (Å²) >= 11 is 9.88. The van der Waals surface area contributed by atoms with Gasteiger partial charge in [-0.3, -0.25) is 0 Å². The molecule has 0 saturated heterocycles. The van der Waals surface area contributed by atoms with E-state index in [9.17, 15) is 0 Å². The van der Waals surface area contributed by atoms with Gasteiger partial charge in [-0.1, -0.05) is 45.7 Å². The molecule has 2 N–H and O–H groups in total. The van der Waals surface area contributed by atoms with Gasteiger partial charge in [0.2, 0.25) is 0 Å². The van der Waals surface area contributed by atoms with Gasteiger partial charge in [0.15, 0.2) is 0 Å². The summed E-state index contributed by atoms with van der Waals surface area (Å²) in [5.74, 6) is 0. The Morgan fingerprint density at radius 3 is 2.75 bits per heavy atom. The Kier molecular flexibility index (Phi) is 3.72. The first kappa shape index (κ1) is 13.5. The second-order valence-electron chi connectivity index (χ2n) is 4.78. The lowest BCUT2D eigenvalue weighted by atomic mass is 10.2. The van der Waals surface area contributed by atoms with E-state index in [0.717, 1.165) is 31.8 Å². The van der Waals surface area contributed by atoms with Gasteiger partial charge in [-0.25, -0.2) is 0 Å². The fourth-order valence-electron chi connectivity index (χ4n) is 2.29. The molecule has 102 valence electrons. The summed E-state index contributed by atoms with van der Waals surface area (Å²) < 4.78 is 1.09. The maximum absolute atomic E-state index is 6.41. The van der Waals surface area contributed by atoms with Crippen molar-refractivity contribution in [1.29, 1.82) is 0 Å². The highest BCUT2D eigenvalue weighted by Crippen LogP contribution is 2.28. The average molecular weight is 350 g/mol. The van der Waals surface area contributed by atoms with Crippen LogP contribution in [0.15, 0.2) is 46.9 Å². The van der Waals surface area contributed by atoms with E-state index in [4.69, 9.17) is 11.6 Å². The maximum atomic E-state index is 6.41. The van der Waals surface area contributed by atoms with Crippen LogP contribution in [0.5, 0.6) is 0 Å². The zero-order valence-corrected chi connectivity index (χ0v) is 13.3. The fourth-order valence-corrected chi connectivity index (χ4v) is 3.05. The molecule has 3 aromatic rings. The number of para-hydroxylation sites is 1. The largest absolute Gasteiger partial charge is 0.379 e. The molecule has 0 radical (unpaired) electrons. The smallest absolute Gasteiger partial charge is 0.0710 e. The minimum Gasteiger partial charge on any atom is -0.379 e. The molecule has 0 atom stereocenters. The molecule has 0 unspecified atom stereocenters. The molecule has 1 aromatic heterocycles. The lowest BCUT2D eigenvalue weighted by Crippen LogP contribution is -2.01. The third kappa shape index (κ3) is 2.56. The summed E-state index contributed by atoms with van der Waals surface area (Å²) in [7, 11) is 0. The van der Waals surface area contributed by atoms with Crippen molar-refractivity contribution >= 4 is 44.1 Å². The first-order valence-electron chi connectivity index (χ1n) is 6.40. The minimum absolute atomic E-state index is 0.677. The maximum Gasteiger partial charge on any atom is 0.0710 e. The van der Waals surface area contributed by atoms with Crippen LogP contribution in [0.2, 0.25) is 5.02 Å². The first-order chi connectivity index (χ1) is 9.65. The van der Waals surface area contributed by atoms with Crippen LogP contribution in [0.1, 0.15) is 11.3 Å². The minimum atomic E-state index is 0.677. The fraction of sp³-hybridized carbons (Fsp3) is 0.125. The third-order valence-corrected chi connectivity index (χ3v) is 4.28. The third-order valence-electron chi connectivity index (χ3n) is 3.36. The number of halogens is 2. The number of aryl methyl sites for hydroxylation is 1. The SMILES string of the molecule is Cc1cc(Br)ccc1NCc1[nH]c2ccccc2c1Cl. The molecule has 0 aliphatic carbocycles. The quantitative estimate of drug-likeness (QED) is 0.641. The molecule has 0 aliphatic rings. The van der Waals surface area contributed by atoms with E-state index in [-0.39, 0.29) is 0 Å². The van der Waals surface area contributed by atoms with Crippen molar-refractivity contribution in [3.8, 4) is 0 Å². The number of rotatable bonds is 3. The van der Waals surface area contributed by atoms with E-state index in [0.29, 0.717) is 6.54 Å². The van der Waals surface area contributed by atoms with Crippen molar-refractivity contribution in [1.82, 2.24) is 4.98 Å². The van der Waals surface area contributed by atoms with E-state index in [1.54, 1.807) is 0 Å². The van der Waals surface area contributed by atoms with E-state index < -0.39 is 0 Å². The van der Waals surface area contributed by atoms with Crippen LogP contribution >= 0.6 is 27.5 Å². The van der Waals surface area contributed by atoms with Crippen LogP contribution in [-0.4, -0.2) is 4.98 Å². The molecular formula is C16H14BrClN2. The van der Waals surface area contributed by atoms with Gasteiger partial charge in [-0.05, 0) is 36.8 Å². The van der Waals surface area contributed by atoms with Gasteiger partial charge in [-0.15, -0.1) is 0 Å². The lowest BCUT2D eigenvalue weighted by Gasteiger charge is -2.09. The highest BCUT2D eigenvalue weighted by molar-refractivity contribution is 9.10. The molecular weight excluding hydrogens is 336 g/mol. The number of hydrogen-bond donors (Lipinski definition) is 2. The molecule has 1 heterocycles. The number of aromatic nitrogens is 1. The van der Waals surface area contributed by atoms with Gasteiger partial charge in [0.1, 0.15) is 0 Å². The molecule has 4 heteroatoms. The summed E-state index contributed by atoms with van der Waals surface area (Å²) in [5, 5.41) is 5.28. The molecule has 0 spiro atoms. The Hall–Kier alpha value is -1.45. The highest BCUT2D eigenvalue weighted by atomic mass is 79.9. The van der Waals surface area contributed by atoms with Crippen molar-refractivity contribution in [3.05, 3.63) is 63.2 Å². The van der Waals surface area contributed by atoms with Crippen molar-refractivity contribution in [2.24, 2.45) is 0 Å². The normalized spacial score (nSPS) is 10.9. The van der Waals surface area contributed by atoms with Crippen molar-refractivity contribution in [2.45, 2.75) is 13.5 Å². The van der Waals surface area contributed by atoms with Crippen molar-refractivity contribution < 1.29 is 0 Å². The number of fused-ring (bicyclic) bond motifs is 1. The van der Waals surface area contributed by atoms with Crippen molar-refractivity contribution in [3.63, 3.8) is 0 Å². The molecule has 20 heavy (non-hydrogen) atoms. The molecule has 0 bridgehead atoms. The number of aromatic amines is 1. The zero-order chi connectivity index (χ0) is 14.1. The van der Waals surface area contributed by atoms with Gasteiger partial charge in [-0.2, -0.15) is 0 Å². The second-order valence-corrected chi connectivity index (χ2v) is 6.07. The molecule has 2 nitrogen and oxygen atoms in total. The van der Waals surface area contributed by atoms with Crippen LogP contribution in [-0.2, 0) is 6.54 Å². The lowest BCUT2D eigenvalue weighted by molar-refractivity contribution is 1.08. The Bertz CT molecular complexity index is 764. The average Bonchev–Trinajstić information content (AvgIpc) is 2.75. The van der Waals surface area contributed by atoms with E-state index in [1.807, 2.05) is 30.3 Å². The summed E-state index contributed by atoms with van der Waals surface area (Å²) in [6.45, 7) is 2.76. The predicted octanol–water partition coefficient (Wildman–Crippen LogP) is 5.50. The van der Waals surface area contributed by atoms with Gasteiger partial charge < -0.3 is 10.3 Å². The summed E-state index contributed by atoms with van der Waals surface area (Å²) in [6, 6.07) is 14.3.